The first-order valence-corrected chi connectivity index (χ1v) is 9.18. The Hall–Kier alpha value is -2.53. The van der Waals surface area contributed by atoms with Crippen molar-refractivity contribution in [2.75, 3.05) is 18.0 Å². The van der Waals surface area contributed by atoms with Gasteiger partial charge in [-0.1, -0.05) is 19.4 Å². The SMILES string of the molecule is C=C1N(c2ccc(C#N)c(C(F)(F)F)c2)C(=O)C(C)(C)N1CCCCCCN. The summed E-state index contributed by atoms with van der Waals surface area (Å²) in [5.41, 5.74) is 3.08. The molecule has 8 heteroatoms. The molecule has 1 amide bonds. The van der Waals surface area contributed by atoms with Crippen molar-refractivity contribution in [2.24, 2.45) is 5.73 Å². The lowest BCUT2D eigenvalue weighted by Crippen LogP contribution is -2.43. The second kappa shape index (κ2) is 8.23. The molecule has 0 saturated carbocycles. The van der Waals surface area contributed by atoms with Crippen LogP contribution >= 0.6 is 0 Å². The maximum atomic E-state index is 13.3. The van der Waals surface area contributed by atoms with Crippen LogP contribution < -0.4 is 10.6 Å². The molecule has 0 aromatic heterocycles. The number of unbranched alkanes of at least 4 members (excludes halogenated alkanes) is 3. The molecular formula is C20H25F3N4O. The molecule has 28 heavy (non-hydrogen) atoms. The van der Waals surface area contributed by atoms with Crippen LogP contribution in [0.25, 0.3) is 0 Å². The molecule has 1 saturated heterocycles. The third-order valence-electron chi connectivity index (χ3n) is 4.99. The van der Waals surface area contributed by atoms with Crippen LogP contribution in [0.5, 0.6) is 0 Å². The molecule has 0 spiro atoms. The van der Waals surface area contributed by atoms with Gasteiger partial charge in [-0.2, -0.15) is 18.4 Å². The first-order chi connectivity index (χ1) is 13.1. The zero-order valence-corrected chi connectivity index (χ0v) is 16.1. The first-order valence-electron chi connectivity index (χ1n) is 9.18. The summed E-state index contributed by atoms with van der Waals surface area (Å²) < 4.78 is 39.9. The highest BCUT2D eigenvalue weighted by Gasteiger charge is 2.48. The lowest BCUT2D eigenvalue weighted by molar-refractivity contribution is -0.137. The van der Waals surface area contributed by atoms with E-state index >= 15 is 0 Å². The second-order valence-corrected chi connectivity index (χ2v) is 7.31. The summed E-state index contributed by atoms with van der Waals surface area (Å²) in [4.78, 5) is 16.0. The molecule has 2 rings (SSSR count). The zero-order chi connectivity index (χ0) is 21.1. The fraction of sp³-hybridized carbons (Fsp3) is 0.500. The number of carbonyl (C=O) groups excluding carboxylic acids is 1. The average Bonchev–Trinajstić information content (AvgIpc) is 2.79. The van der Waals surface area contributed by atoms with Crippen molar-refractivity contribution in [2.45, 2.75) is 51.2 Å². The standard InChI is InChI=1S/C20H25F3N4O/c1-14-26(11-7-5-4-6-10-24)19(2,3)18(28)27(14)16-9-8-15(13-25)17(12-16)20(21,22)23/h8-9,12H,1,4-7,10-11,24H2,2-3H3. The Labute approximate surface area is 163 Å². The number of nitrogens with two attached hydrogens (primary N) is 1. The molecular weight excluding hydrogens is 369 g/mol. The van der Waals surface area contributed by atoms with Gasteiger partial charge in [0, 0.05) is 6.54 Å². The minimum atomic E-state index is -4.69. The number of anilines is 1. The number of benzene rings is 1. The highest BCUT2D eigenvalue weighted by atomic mass is 19.4. The van der Waals surface area contributed by atoms with E-state index in [9.17, 15) is 18.0 Å². The number of hydrogen-bond acceptors (Lipinski definition) is 4. The maximum Gasteiger partial charge on any atom is 0.417 e. The van der Waals surface area contributed by atoms with Gasteiger partial charge in [-0.3, -0.25) is 9.69 Å². The summed E-state index contributed by atoms with van der Waals surface area (Å²) in [7, 11) is 0. The lowest BCUT2D eigenvalue weighted by Gasteiger charge is -2.30. The minimum Gasteiger partial charge on any atom is -0.344 e. The number of hydrogen-bond donors (Lipinski definition) is 1. The highest BCUT2D eigenvalue weighted by molar-refractivity contribution is 6.05. The predicted octanol–water partition coefficient (Wildman–Crippen LogP) is 3.99. The van der Waals surface area contributed by atoms with Crippen LogP contribution in [0, 0.1) is 11.3 Å². The molecule has 1 aliphatic heterocycles. The maximum absolute atomic E-state index is 13.3. The summed E-state index contributed by atoms with van der Waals surface area (Å²) in [5, 5.41) is 8.96. The number of rotatable bonds is 7. The van der Waals surface area contributed by atoms with Crippen LogP contribution in [0.1, 0.15) is 50.7 Å². The molecule has 0 atom stereocenters. The van der Waals surface area contributed by atoms with Crippen molar-refractivity contribution in [1.29, 1.82) is 5.26 Å². The Morgan fingerprint density at radius 3 is 2.43 bits per heavy atom. The van der Waals surface area contributed by atoms with E-state index in [2.05, 4.69) is 6.58 Å². The molecule has 2 N–H and O–H groups in total. The van der Waals surface area contributed by atoms with Crippen molar-refractivity contribution in [3.05, 3.63) is 41.7 Å². The van der Waals surface area contributed by atoms with E-state index in [1.54, 1.807) is 19.9 Å². The zero-order valence-electron chi connectivity index (χ0n) is 16.1. The number of amides is 1. The number of halogens is 3. The molecule has 0 aliphatic carbocycles. The Kier molecular flexibility index (Phi) is 6.40. The van der Waals surface area contributed by atoms with Crippen molar-refractivity contribution in [3.8, 4) is 6.07 Å². The van der Waals surface area contributed by atoms with Gasteiger partial charge in [-0.25, -0.2) is 0 Å². The van der Waals surface area contributed by atoms with Gasteiger partial charge in [-0.15, -0.1) is 0 Å². The molecule has 1 heterocycles. The third-order valence-corrected chi connectivity index (χ3v) is 4.99. The topological polar surface area (TPSA) is 73.4 Å². The van der Waals surface area contributed by atoms with E-state index < -0.39 is 22.8 Å². The van der Waals surface area contributed by atoms with Gasteiger partial charge in [0.15, 0.2) is 0 Å². The van der Waals surface area contributed by atoms with Crippen LogP contribution in [0.15, 0.2) is 30.6 Å². The predicted molar refractivity (Wildman–Crippen MR) is 101 cm³/mol. The van der Waals surface area contributed by atoms with Crippen LogP contribution in [0.4, 0.5) is 18.9 Å². The van der Waals surface area contributed by atoms with Gasteiger partial charge in [0.2, 0.25) is 0 Å². The summed E-state index contributed by atoms with van der Waals surface area (Å²) in [6.45, 7) is 8.62. The monoisotopic (exact) mass is 394 g/mol. The van der Waals surface area contributed by atoms with Crippen molar-refractivity contribution in [3.63, 3.8) is 0 Å². The van der Waals surface area contributed by atoms with E-state index in [-0.39, 0.29) is 11.6 Å². The average molecular weight is 394 g/mol. The first kappa shape index (κ1) is 21.8. The van der Waals surface area contributed by atoms with Gasteiger partial charge in [0.25, 0.3) is 5.91 Å². The number of alkyl halides is 3. The van der Waals surface area contributed by atoms with E-state index in [0.29, 0.717) is 18.9 Å². The summed E-state index contributed by atoms with van der Waals surface area (Å²) in [6.07, 6.45) is -1.01. The smallest absolute Gasteiger partial charge is 0.344 e. The van der Waals surface area contributed by atoms with Crippen LogP contribution in [-0.2, 0) is 11.0 Å². The van der Waals surface area contributed by atoms with E-state index in [1.165, 1.54) is 11.0 Å². The summed E-state index contributed by atoms with van der Waals surface area (Å²) in [6, 6.07) is 4.81. The number of nitrogens with zero attached hydrogens (tertiary/aromatic N) is 3. The molecule has 1 aromatic carbocycles. The minimum absolute atomic E-state index is 0.0556. The summed E-state index contributed by atoms with van der Waals surface area (Å²) >= 11 is 0. The fourth-order valence-electron chi connectivity index (χ4n) is 3.40. The van der Waals surface area contributed by atoms with Crippen molar-refractivity contribution >= 4 is 11.6 Å². The van der Waals surface area contributed by atoms with Crippen LogP contribution in [0.2, 0.25) is 0 Å². The molecule has 152 valence electrons. The molecule has 0 bridgehead atoms. The molecule has 1 fully saturated rings. The van der Waals surface area contributed by atoms with Gasteiger partial charge in [-0.05, 0) is 51.4 Å². The van der Waals surface area contributed by atoms with Gasteiger partial charge in [0.05, 0.1) is 22.9 Å². The number of carbonyl (C=O) groups is 1. The summed E-state index contributed by atoms with van der Waals surface area (Å²) in [5.74, 6) is -0.0102. The van der Waals surface area contributed by atoms with Crippen molar-refractivity contribution < 1.29 is 18.0 Å². The van der Waals surface area contributed by atoms with E-state index in [4.69, 9.17) is 11.0 Å². The quantitative estimate of drug-likeness (QED) is 0.710. The van der Waals surface area contributed by atoms with Gasteiger partial charge < -0.3 is 10.6 Å². The van der Waals surface area contributed by atoms with Crippen molar-refractivity contribution in [1.82, 2.24) is 4.90 Å². The van der Waals surface area contributed by atoms with Gasteiger partial charge >= 0.3 is 6.18 Å². The molecule has 5 nitrogen and oxygen atoms in total. The fourth-order valence-corrected chi connectivity index (χ4v) is 3.40. The largest absolute Gasteiger partial charge is 0.417 e. The lowest BCUT2D eigenvalue weighted by atomic mass is 10.0. The van der Waals surface area contributed by atoms with E-state index in [0.717, 1.165) is 37.8 Å². The molecule has 0 unspecified atom stereocenters. The molecule has 1 aliphatic rings. The Bertz CT molecular complexity index is 796. The second-order valence-electron chi connectivity index (χ2n) is 7.31. The highest BCUT2D eigenvalue weighted by Crippen LogP contribution is 2.40. The normalized spacial score (nSPS) is 16.6. The number of nitriles is 1. The Morgan fingerprint density at radius 1 is 1.21 bits per heavy atom. The van der Waals surface area contributed by atoms with E-state index in [1.807, 2.05) is 4.90 Å². The Morgan fingerprint density at radius 2 is 1.86 bits per heavy atom. The van der Waals surface area contributed by atoms with Gasteiger partial charge in [0.1, 0.15) is 11.4 Å². The Balaban J connectivity index is 2.30. The third kappa shape index (κ3) is 4.14. The van der Waals surface area contributed by atoms with Crippen LogP contribution in [-0.4, -0.2) is 29.4 Å². The van der Waals surface area contributed by atoms with Crippen LogP contribution in [0.3, 0.4) is 0 Å². The molecule has 0 radical (unpaired) electrons. The molecule has 1 aromatic rings.